The van der Waals surface area contributed by atoms with E-state index in [0.29, 0.717) is 27.4 Å². The topological polar surface area (TPSA) is 29.5 Å². The smallest absolute Gasteiger partial charge is 0.266 e. The molecule has 3 nitrogen and oxygen atoms in total. The fraction of sp³-hybridized carbons (Fsp3) is 0.286. The Hall–Kier alpha value is -0.880. The van der Waals surface area contributed by atoms with E-state index < -0.39 is 0 Å². The molecular weight excluding hydrogens is 314 g/mol. The SMILES string of the molecule is COCCCN1C(=O)/C(=C\c2ccc(Cl)cc2)SC1=S. The lowest BCUT2D eigenvalue weighted by molar-refractivity contribution is -0.122. The molecule has 1 aromatic carbocycles. The number of rotatable bonds is 5. The van der Waals surface area contributed by atoms with E-state index in [0.717, 1.165) is 12.0 Å². The van der Waals surface area contributed by atoms with Gasteiger partial charge in [-0.1, -0.05) is 47.7 Å². The molecule has 1 aromatic rings. The van der Waals surface area contributed by atoms with Gasteiger partial charge in [-0.15, -0.1) is 0 Å². The summed E-state index contributed by atoms with van der Waals surface area (Å²) >= 11 is 12.4. The number of thioether (sulfide) groups is 1. The number of thiocarbonyl (C=S) groups is 1. The number of hydrogen-bond acceptors (Lipinski definition) is 4. The third kappa shape index (κ3) is 3.82. The molecule has 1 aliphatic heterocycles. The maximum absolute atomic E-state index is 12.3. The first kappa shape index (κ1) is 15.5. The Labute approximate surface area is 132 Å². The number of carbonyl (C=O) groups excluding carboxylic acids is 1. The first-order valence-electron chi connectivity index (χ1n) is 6.11. The highest BCUT2D eigenvalue weighted by atomic mass is 35.5. The minimum atomic E-state index is -0.0361. The molecule has 0 N–H and O–H groups in total. The highest BCUT2D eigenvalue weighted by Gasteiger charge is 2.31. The van der Waals surface area contributed by atoms with Crippen LogP contribution >= 0.6 is 35.6 Å². The van der Waals surface area contributed by atoms with Gasteiger partial charge in [-0.3, -0.25) is 9.69 Å². The van der Waals surface area contributed by atoms with Crippen LogP contribution in [0.4, 0.5) is 0 Å². The fourth-order valence-electron chi connectivity index (χ4n) is 1.77. The average molecular weight is 328 g/mol. The predicted molar refractivity (Wildman–Crippen MR) is 87.8 cm³/mol. The molecule has 0 unspecified atom stereocenters. The van der Waals surface area contributed by atoms with Crippen molar-refractivity contribution in [2.45, 2.75) is 6.42 Å². The number of methoxy groups -OCH3 is 1. The van der Waals surface area contributed by atoms with Gasteiger partial charge in [0.15, 0.2) is 0 Å². The zero-order valence-electron chi connectivity index (χ0n) is 11.0. The largest absolute Gasteiger partial charge is 0.385 e. The van der Waals surface area contributed by atoms with Crippen LogP contribution in [0.5, 0.6) is 0 Å². The molecule has 0 atom stereocenters. The Kier molecular flexibility index (Phi) is 5.60. The number of halogens is 1. The Balaban J connectivity index is 2.09. The van der Waals surface area contributed by atoms with Gasteiger partial charge in [0.25, 0.3) is 5.91 Å². The van der Waals surface area contributed by atoms with Crippen molar-refractivity contribution in [2.24, 2.45) is 0 Å². The van der Waals surface area contributed by atoms with Crippen molar-refractivity contribution in [3.8, 4) is 0 Å². The van der Waals surface area contributed by atoms with Crippen LogP contribution in [-0.4, -0.2) is 35.4 Å². The molecule has 0 bridgehead atoms. The van der Waals surface area contributed by atoms with Crippen LogP contribution in [0.3, 0.4) is 0 Å². The zero-order valence-corrected chi connectivity index (χ0v) is 13.4. The van der Waals surface area contributed by atoms with Crippen molar-refractivity contribution in [1.82, 2.24) is 4.90 Å². The zero-order chi connectivity index (χ0) is 14.5. The maximum Gasteiger partial charge on any atom is 0.266 e. The lowest BCUT2D eigenvalue weighted by Crippen LogP contribution is -2.29. The lowest BCUT2D eigenvalue weighted by atomic mass is 10.2. The first-order chi connectivity index (χ1) is 9.61. The van der Waals surface area contributed by atoms with Crippen LogP contribution in [0, 0.1) is 0 Å². The summed E-state index contributed by atoms with van der Waals surface area (Å²) in [6.07, 6.45) is 2.61. The van der Waals surface area contributed by atoms with Crippen LogP contribution in [0.25, 0.3) is 6.08 Å². The minimum absolute atomic E-state index is 0.0361. The minimum Gasteiger partial charge on any atom is -0.385 e. The van der Waals surface area contributed by atoms with Crippen LogP contribution in [0.1, 0.15) is 12.0 Å². The third-order valence-electron chi connectivity index (χ3n) is 2.77. The summed E-state index contributed by atoms with van der Waals surface area (Å²) in [6.45, 7) is 1.21. The van der Waals surface area contributed by atoms with E-state index in [4.69, 9.17) is 28.6 Å². The van der Waals surface area contributed by atoms with E-state index in [1.807, 2.05) is 18.2 Å². The van der Waals surface area contributed by atoms with E-state index >= 15 is 0 Å². The molecule has 20 heavy (non-hydrogen) atoms. The number of amides is 1. The predicted octanol–water partition coefficient (Wildman–Crippen LogP) is 3.58. The fourth-order valence-corrected chi connectivity index (χ4v) is 3.20. The summed E-state index contributed by atoms with van der Waals surface area (Å²) in [4.78, 5) is 14.5. The summed E-state index contributed by atoms with van der Waals surface area (Å²) < 4.78 is 5.59. The molecule has 0 spiro atoms. The molecule has 6 heteroatoms. The Morgan fingerprint density at radius 2 is 2.10 bits per heavy atom. The first-order valence-corrected chi connectivity index (χ1v) is 7.72. The number of ether oxygens (including phenoxy) is 1. The van der Waals surface area contributed by atoms with Crippen LogP contribution in [0.2, 0.25) is 5.02 Å². The van der Waals surface area contributed by atoms with Crippen molar-refractivity contribution in [2.75, 3.05) is 20.3 Å². The molecule has 1 fully saturated rings. The number of benzene rings is 1. The Morgan fingerprint density at radius 3 is 2.75 bits per heavy atom. The summed E-state index contributed by atoms with van der Waals surface area (Å²) in [5, 5.41) is 0.675. The van der Waals surface area contributed by atoms with E-state index in [-0.39, 0.29) is 5.91 Å². The van der Waals surface area contributed by atoms with E-state index in [2.05, 4.69) is 0 Å². The third-order valence-corrected chi connectivity index (χ3v) is 4.40. The van der Waals surface area contributed by atoms with Gasteiger partial charge in [0.05, 0.1) is 4.91 Å². The standard InChI is InChI=1S/C14H14ClNO2S2/c1-18-8-2-7-16-13(17)12(20-14(16)19)9-10-3-5-11(15)6-4-10/h3-6,9H,2,7-8H2,1H3/b12-9+. The second-order valence-corrected chi connectivity index (χ2v) is 6.34. The van der Waals surface area contributed by atoms with E-state index in [1.54, 1.807) is 24.1 Å². The Morgan fingerprint density at radius 1 is 1.40 bits per heavy atom. The second kappa shape index (κ2) is 7.22. The van der Waals surface area contributed by atoms with Crippen molar-refractivity contribution < 1.29 is 9.53 Å². The number of hydrogen-bond donors (Lipinski definition) is 0. The molecule has 1 aliphatic rings. The Bertz CT molecular complexity index is 543. The molecule has 1 saturated heterocycles. The quantitative estimate of drug-likeness (QED) is 0.470. The van der Waals surface area contributed by atoms with Gasteiger partial charge < -0.3 is 4.74 Å². The van der Waals surface area contributed by atoms with Gasteiger partial charge >= 0.3 is 0 Å². The summed E-state index contributed by atoms with van der Waals surface area (Å²) in [6, 6.07) is 7.35. The summed E-state index contributed by atoms with van der Waals surface area (Å²) in [5.74, 6) is -0.0361. The molecule has 1 heterocycles. The molecule has 0 aromatic heterocycles. The van der Waals surface area contributed by atoms with Crippen molar-refractivity contribution >= 4 is 51.9 Å². The normalized spacial score (nSPS) is 17.3. The van der Waals surface area contributed by atoms with Crippen LogP contribution < -0.4 is 0 Å². The molecule has 106 valence electrons. The van der Waals surface area contributed by atoms with Crippen molar-refractivity contribution in [3.63, 3.8) is 0 Å². The summed E-state index contributed by atoms with van der Waals surface area (Å²) in [5.41, 5.74) is 0.937. The van der Waals surface area contributed by atoms with Gasteiger partial charge in [-0.25, -0.2) is 0 Å². The summed E-state index contributed by atoms with van der Waals surface area (Å²) in [7, 11) is 1.64. The molecule has 1 amide bonds. The van der Waals surface area contributed by atoms with Gasteiger partial charge in [-0.05, 0) is 30.2 Å². The van der Waals surface area contributed by atoms with Crippen LogP contribution in [0.15, 0.2) is 29.2 Å². The van der Waals surface area contributed by atoms with Crippen molar-refractivity contribution in [1.29, 1.82) is 0 Å². The molecule has 0 radical (unpaired) electrons. The average Bonchev–Trinajstić information content (AvgIpc) is 2.69. The molecule has 0 saturated carbocycles. The van der Waals surface area contributed by atoms with Crippen LogP contribution in [-0.2, 0) is 9.53 Å². The molecule has 2 rings (SSSR count). The monoisotopic (exact) mass is 327 g/mol. The number of nitrogens with zero attached hydrogens (tertiary/aromatic N) is 1. The van der Waals surface area contributed by atoms with Crippen molar-refractivity contribution in [3.05, 3.63) is 39.8 Å². The second-order valence-electron chi connectivity index (χ2n) is 4.23. The highest BCUT2D eigenvalue weighted by molar-refractivity contribution is 8.26. The van der Waals surface area contributed by atoms with Gasteiger partial charge in [0.2, 0.25) is 0 Å². The lowest BCUT2D eigenvalue weighted by Gasteiger charge is -2.13. The van der Waals surface area contributed by atoms with Gasteiger partial charge in [0.1, 0.15) is 4.32 Å². The molecule has 0 aliphatic carbocycles. The van der Waals surface area contributed by atoms with E-state index in [9.17, 15) is 4.79 Å². The van der Waals surface area contributed by atoms with Gasteiger partial charge in [0, 0.05) is 25.3 Å². The maximum atomic E-state index is 12.3. The van der Waals surface area contributed by atoms with E-state index in [1.165, 1.54) is 11.8 Å². The number of carbonyl (C=O) groups is 1. The highest BCUT2D eigenvalue weighted by Crippen LogP contribution is 2.32. The van der Waals surface area contributed by atoms with Gasteiger partial charge in [-0.2, -0.15) is 0 Å². The molecular formula is C14H14ClNO2S2.